The van der Waals surface area contributed by atoms with Crippen molar-refractivity contribution < 1.29 is 13.6 Å². The maximum atomic E-state index is 12.9. The first kappa shape index (κ1) is 28.6. The topological polar surface area (TPSA) is 132 Å². The lowest BCUT2D eigenvalue weighted by atomic mass is 10.0. The molecule has 10 nitrogen and oxygen atoms in total. The zero-order valence-electron chi connectivity index (χ0n) is 22.7. The third-order valence-corrected chi connectivity index (χ3v) is 7.17. The molecule has 1 aromatic carbocycles. The average molecular weight is 552 g/mol. The zero-order valence-corrected chi connectivity index (χ0v) is 23.6. The zero-order chi connectivity index (χ0) is 27.8. The van der Waals surface area contributed by atoms with Crippen molar-refractivity contribution in [3.05, 3.63) is 70.7 Å². The lowest BCUT2D eigenvalue weighted by Gasteiger charge is -2.32. The maximum absolute atomic E-state index is 12.9. The summed E-state index contributed by atoms with van der Waals surface area (Å²) in [5.41, 5.74) is 6.10. The van der Waals surface area contributed by atoms with Gasteiger partial charge in [0.2, 0.25) is 5.95 Å². The highest BCUT2D eigenvalue weighted by molar-refractivity contribution is 7.79. The van der Waals surface area contributed by atoms with Crippen molar-refractivity contribution in [2.24, 2.45) is 0 Å². The number of aromatic nitrogens is 3. The summed E-state index contributed by atoms with van der Waals surface area (Å²) in [5, 5.41) is 9.75. The smallest absolute Gasteiger partial charge is 0.255 e. The number of benzene rings is 1. The number of nitrogens with one attached hydrogen (secondary N) is 3. The van der Waals surface area contributed by atoms with Crippen molar-refractivity contribution in [3.8, 4) is 0 Å². The third kappa shape index (κ3) is 8.29. The van der Waals surface area contributed by atoms with Crippen molar-refractivity contribution in [1.29, 1.82) is 0 Å². The van der Waals surface area contributed by atoms with Gasteiger partial charge in [0, 0.05) is 50.2 Å². The van der Waals surface area contributed by atoms with Gasteiger partial charge in [0.1, 0.15) is 11.7 Å². The van der Waals surface area contributed by atoms with E-state index in [9.17, 15) is 9.00 Å². The highest BCUT2D eigenvalue weighted by Crippen LogP contribution is 2.19. The first-order valence-corrected chi connectivity index (χ1v) is 14.6. The number of carbonyl (C=O) groups excluding carboxylic acids is 1. The van der Waals surface area contributed by atoms with Crippen LogP contribution in [-0.4, -0.2) is 66.1 Å². The van der Waals surface area contributed by atoms with E-state index in [-0.39, 0.29) is 11.8 Å². The molecule has 0 radical (unpaired) electrons. The average Bonchev–Trinajstić information content (AvgIpc) is 2.92. The minimum Gasteiger partial charge on any atom is -0.356 e. The number of carbonyl (C=O) groups is 1. The molecule has 1 unspecified atom stereocenters. The summed E-state index contributed by atoms with van der Waals surface area (Å²) in [6, 6.07) is 10.0. The molecule has 1 saturated heterocycles. The predicted molar refractivity (Wildman–Crippen MR) is 155 cm³/mol. The van der Waals surface area contributed by atoms with E-state index >= 15 is 0 Å². The van der Waals surface area contributed by atoms with Gasteiger partial charge in [0.05, 0.1) is 11.3 Å². The number of anilines is 3. The minimum absolute atomic E-state index is 0.0457. The summed E-state index contributed by atoms with van der Waals surface area (Å²) in [6.07, 6.45) is 6.87. The molecule has 11 heteroatoms. The van der Waals surface area contributed by atoms with Crippen LogP contribution in [0.5, 0.6) is 0 Å². The van der Waals surface area contributed by atoms with Crippen molar-refractivity contribution >= 4 is 34.4 Å². The van der Waals surface area contributed by atoms with Crippen molar-refractivity contribution in [3.63, 3.8) is 0 Å². The van der Waals surface area contributed by atoms with Crippen LogP contribution in [0.25, 0.3) is 0 Å². The van der Waals surface area contributed by atoms with E-state index in [1.54, 1.807) is 12.1 Å². The first-order chi connectivity index (χ1) is 18.8. The fourth-order valence-corrected chi connectivity index (χ4v) is 5.09. The molecule has 4 N–H and O–H groups in total. The van der Waals surface area contributed by atoms with Gasteiger partial charge in [-0.25, -0.2) is 19.2 Å². The number of hydrogen-bond donors (Lipinski definition) is 4. The van der Waals surface area contributed by atoms with Crippen molar-refractivity contribution in [1.82, 2.24) is 25.2 Å². The van der Waals surface area contributed by atoms with Gasteiger partial charge >= 0.3 is 0 Å². The summed E-state index contributed by atoms with van der Waals surface area (Å²) < 4.78 is 19.7. The molecule has 39 heavy (non-hydrogen) atoms. The molecule has 1 amide bonds. The second kappa shape index (κ2) is 13.6. The number of rotatable bonds is 11. The van der Waals surface area contributed by atoms with Gasteiger partial charge in [0.25, 0.3) is 5.91 Å². The molecule has 0 bridgehead atoms. The largest absolute Gasteiger partial charge is 0.356 e. The summed E-state index contributed by atoms with van der Waals surface area (Å²) in [7, 11) is 0. The molecule has 1 aliphatic rings. The van der Waals surface area contributed by atoms with Gasteiger partial charge < -0.3 is 25.4 Å². The van der Waals surface area contributed by atoms with Crippen LogP contribution in [0.2, 0.25) is 0 Å². The molecule has 208 valence electrons. The maximum Gasteiger partial charge on any atom is 0.255 e. The number of likely N-dealkylation sites (tertiary alicyclic amines) is 1. The third-order valence-electron chi connectivity index (χ3n) is 6.78. The van der Waals surface area contributed by atoms with Crippen LogP contribution in [0.1, 0.15) is 52.5 Å². The van der Waals surface area contributed by atoms with E-state index in [0.29, 0.717) is 36.5 Å². The van der Waals surface area contributed by atoms with E-state index in [0.717, 1.165) is 49.2 Å². The van der Waals surface area contributed by atoms with Crippen molar-refractivity contribution in [2.45, 2.75) is 52.5 Å². The predicted octanol–water partition coefficient (Wildman–Crippen LogP) is 3.82. The molecule has 3 aromatic rings. The number of hydrogen-bond acceptors (Lipinski definition) is 8. The van der Waals surface area contributed by atoms with Gasteiger partial charge in [-0.2, -0.15) is 0 Å². The van der Waals surface area contributed by atoms with E-state index in [1.165, 1.54) is 17.3 Å². The molecule has 0 saturated carbocycles. The molecule has 1 fully saturated rings. The van der Waals surface area contributed by atoms with Crippen LogP contribution < -0.4 is 16.0 Å². The van der Waals surface area contributed by atoms with Gasteiger partial charge in [-0.3, -0.25) is 4.79 Å². The van der Waals surface area contributed by atoms with Gasteiger partial charge in [0.15, 0.2) is 11.1 Å². The molecule has 0 spiro atoms. The normalized spacial score (nSPS) is 14.7. The van der Waals surface area contributed by atoms with E-state index in [4.69, 9.17) is 9.54 Å². The summed E-state index contributed by atoms with van der Waals surface area (Å²) >= 11 is -1.95. The van der Waals surface area contributed by atoms with Crippen LogP contribution in [0.15, 0.2) is 42.7 Å². The van der Waals surface area contributed by atoms with Crippen LogP contribution in [0.3, 0.4) is 0 Å². The molecule has 4 rings (SSSR count). The monoisotopic (exact) mass is 551 g/mol. The Morgan fingerprint density at radius 3 is 2.49 bits per heavy atom. The van der Waals surface area contributed by atoms with E-state index < -0.39 is 11.1 Å². The van der Waals surface area contributed by atoms with Crippen molar-refractivity contribution in [2.75, 3.05) is 36.1 Å². The molecular formula is C28H37N7O3S. The van der Waals surface area contributed by atoms with Crippen LogP contribution in [0, 0.1) is 13.8 Å². The Kier molecular flexibility index (Phi) is 9.96. The molecular weight excluding hydrogens is 514 g/mol. The summed E-state index contributed by atoms with van der Waals surface area (Å²) in [4.78, 5) is 28.3. The number of piperidine rings is 1. The Morgan fingerprint density at radius 1 is 1.10 bits per heavy atom. The summed E-state index contributed by atoms with van der Waals surface area (Å²) in [6.45, 7) is 8.44. The Bertz CT molecular complexity index is 1270. The van der Waals surface area contributed by atoms with E-state index in [1.807, 2.05) is 11.1 Å². The second-order valence-corrected chi connectivity index (χ2v) is 10.8. The van der Waals surface area contributed by atoms with Crippen LogP contribution >= 0.6 is 0 Å². The molecule has 0 aliphatic carbocycles. The lowest BCUT2D eigenvalue weighted by Crippen LogP contribution is -2.45. The fraction of sp³-hybridized carbons (Fsp3) is 0.429. The van der Waals surface area contributed by atoms with Gasteiger partial charge in [-0.1, -0.05) is 13.0 Å². The minimum atomic E-state index is -1.95. The van der Waals surface area contributed by atoms with Crippen LogP contribution in [0.4, 0.5) is 17.5 Å². The highest BCUT2D eigenvalue weighted by Gasteiger charge is 2.23. The number of nitrogens with zero attached hydrogens (tertiary/aromatic N) is 4. The molecule has 1 aliphatic heterocycles. The fourth-order valence-electron chi connectivity index (χ4n) is 4.81. The highest BCUT2D eigenvalue weighted by atomic mass is 32.2. The lowest BCUT2D eigenvalue weighted by molar-refractivity contribution is 0.0705. The molecule has 1 atom stereocenters. The number of amides is 1. The standard InChI is InChI=1S/C28H37N7O3S/c1-4-21-16-31-28(33-24-14-19(2)13-20(3)15-24)34-25(21)7-10-29-23-8-11-35(12-9-23)27(36)22-5-6-26(30-17-22)32-18-39(37)38/h5-6,13-17,23,29H,4,7-12,18H2,1-3H3,(H,30,32)(H,37,38)(H,31,33,34). The molecule has 3 heterocycles. The second-order valence-electron chi connectivity index (χ2n) is 9.87. The van der Waals surface area contributed by atoms with Gasteiger partial charge in [-0.05, 0) is 74.1 Å². The van der Waals surface area contributed by atoms with E-state index in [2.05, 4.69) is 64.9 Å². The summed E-state index contributed by atoms with van der Waals surface area (Å²) in [5.74, 6) is 0.916. The quantitative estimate of drug-likeness (QED) is 0.263. The van der Waals surface area contributed by atoms with Gasteiger partial charge in [-0.15, -0.1) is 0 Å². The Labute approximate surface area is 232 Å². The Hall–Kier alpha value is -3.41. The van der Waals surface area contributed by atoms with Crippen LogP contribution in [-0.2, 0) is 23.9 Å². The first-order valence-electron chi connectivity index (χ1n) is 13.3. The molecule has 2 aromatic heterocycles. The number of aryl methyl sites for hydroxylation is 3. The Balaban J connectivity index is 1.25. The Morgan fingerprint density at radius 2 is 1.85 bits per heavy atom. The number of pyridine rings is 1. The SMILES string of the molecule is CCc1cnc(Nc2cc(C)cc(C)c2)nc1CCNC1CCN(C(=O)c2ccc(NCS(=O)O)nc2)CC1.